The molecule has 1 amide bonds. The van der Waals surface area contributed by atoms with E-state index in [1.807, 2.05) is 24.3 Å². The lowest BCUT2D eigenvalue weighted by atomic mass is 9.78. The zero-order chi connectivity index (χ0) is 17.9. The van der Waals surface area contributed by atoms with Crippen molar-refractivity contribution < 1.29 is 9.53 Å². The highest BCUT2D eigenvalue weighted by Crippen LogP contribution is 2.36. The van der Waals surface area contributed by atoms with Gasteiger partial charge in [-0.15, -0.1) is 0 Å². The van der Waals surface area contributed by atoms with E-state index in [1.165, 1.54) is 32.1 Å². The lowest BCUT2D eigenvalue weighted by Crippen LogP contribution is -2.49. The second-order valence-electron chi connectivity index (χ2n) is 8.43. The zero-order valence-corrected chi connectivity index (χ0v) is 15.7. The summed E-state index contributed by atoms with van der Waals surface area (Å²) >= 11 is 0. The maximum Gasteiger partial charge on any atom is 0.254 e. The Morgan fingerprint density at radius 2 is 1.62 bits per heavy atom. The van der Waals surface area contributed by atoms with Crippen LogP contribution in [-0.4, -0.2) is 35.5 Å². The van der Waals surface area contributed by atoms with E-state index in [-0.39, 0.29) is 12.0 Å². The van der Waals surface area contributed by atoms with Crippen molar-refractivity contribution in [3.05, 3.63) is 29.8 Å². The normalized spacial score (nSPS) is 32.0. The van der Waals surface area contributed by atoms with Gasteiger partial charge in [-0.25, -0.2) is 0 Å². The van der Waals surface area contributed by atoms with Crippen molar-refractivity contribution in [2.24, 2.45) is 11.7 Å². The molecule has 2 unspecified atom stereocenters. The molecule has 2 atom stereocenters. The van der Waals surface area contributed by atoms with Crippen LogP contribution in [0, 0.1) is 5.92 Å². The van der Waals surface area contributed by atoms with E-state index in [0.717, 1.165) is 55.9 Å². The lowest BCUT2D eigenvalue weighted by Gasteiger charge is -2.44. The Kier molecular flexibility index (Phi) is 5.49. The van der Waals surface area contributed by atoms with Crippen molar-refractivity contribution in [1.82, 2.24) is 4.90 Å². The fraction of sp³-hybridized carbons (Fsp3) is 0.682. The van der Waals surface area contributed by atoms with Crippen LogP contribution in [0.5, 0.6) is 5.75 Å². The average molecular weight is 357 g/mol. The first-order valence-corrected chi connectivity index (χ1v) is 10.5. The van der Waals surface area contributed by atoms with E-state index in [2.05, 4.69) is 4.90 Å². The molecule has 1 aliphatic heterocycles. The van der Waals surface area contributed by atoms with Crippen molar-refractivity contribution in [1.29, 1.82) is 0 Å². The topological polar surface area (TPSA) is 55.6 Å². The predicted octanol–water partition coefficient (Wildman–Crippen LogP) is 4.13. The van der Waals surface area contributed by atoms with Crippen molar-refractivity contribution >= 4 is 5.91 Å². The monoisotopic (exact) mass is 356 g/mol. The number of nitrogens with zero attached hydrogens (tertiary/aromatic N) is 1. The first kappa shape index (κ1) is 17.8. The molecule has 0 spiro atoms. The van der Waals surface area contributed by atoms with Crippen LogP contribution >= 0.6 is 0 Å². The maximum atomic E-state index is 13.1. The highest BCUT2D eigenvalue weighted by molar-refractivity contribution is 5.94. The lowest BCUT2D eigenvalue weighted by molar-refractivity contribution is 0.0390. The molecule has 2 saturated carbocycles. The number of ether oxygens (including phenoxy) is 1. The van der Waals surface area contributed by atoms with Gasteiger partial charge in [-0.1, -0.05) is 12.8 Å². The summed E-state index contributed by atoms with van der Waals surface area (Å²) in [5, 5.41) is 0. The van der Waals surface area contributed by atoms with E-state index in [4.69, 9.17) is 10.5 Å². The molecule has 1 saturated heterocycles. The largest absolute Gasteiger partial charge is 0.490 e. The van der Waals surface area contributed by atoms with Crippen LogP contribution in [0.2, 0.25) is 0 Å². The third kappa shape index (κ3) is 3.90. The number of likely N-dealkylation sites (tertiary alicyclic amines) is 1. The summed E-state index contributed by atoms with van der Waals surface area (Å²) in [5.74, 6) is 1.80. The Bertz CT molecular complexity index is 605. The number of amides is 1. The molecule has 3 fully saturated rings. The molecule has 1 aromatic rings. The Morgan fingerprint density at radius 1 is 0.923 bits per heavy atom. The summed E-state index contributed by atoms with van der Waals surface area (Å²) < 4.78 is 6.09. The molecule has 0 aromatic heterocycles. The second-order valence-corrected chi connectivity index (χ2v) is 8.43. The van der Waals surface area contributed by atoms with Gasteiger partial charge in [0.15, 0.2) is 0 Å². The number of hydrogen-bond acceptors (Lipinski definition) is 3. The number of rotatable bonds is 3. The SMILES string of the molecule is NC1CCC(Oc2ccc(C(=O)N3CCCC4CCCCC43)cc2)CC1. The number of nitrogens with two attached hydrogens (primary N) is 1. The molecule has 4 rings (SSSR count). The molecule has 0 radical (unpaired) electrons. The van der Waals surface area contributed by atoms with Crippen LogP contribution in [0.25, 0.3) is 0 Å². The van der Waals surface area contributed by atoms with Crippen molar-refractivity contribution in [2.75, 3.05) is 6.54 Å². The van der Waals surface area contributed by atoms with Gasteiger partial charge in [0, 0.05) is 24.2 Å². The molecule has 0 bridgehead atoms. The summed E-state index contributed by atoms with van der Waals surface area (Å²) in [6.07, 6.45) is 11.9. The van der Waals surface area contributed by atoms with Crippen LogP contribution in [0.1, 0.15) is 74.6 Å². The Hall–Kier alpha value is -1.55. The fourth-order valence-corrected chi connectivity index (χ4v) is 5.12. The van der Waals surface area contributed by atoms with Crippen LogP contribution in [0.4, 0.5) is 0 Å². The third-order valence-electron chi connectivity index (χ3n) is 6.63. The summed E-state index contributed by atoms with van der Waals surface area (Å²) in [7, 11) is 0. The minimum atomic E-state index is 0.205. The van der Waals surface area contributed by atoms with Crippen LogP contribution in [0.3, 0.4) is 0 Å². The minimum absolute atomic E-state index is 0.205. The van der Waals surface area contributed by atoms with Gasteiger partial charge in [0.05, 0.1) is 6.10 Å². The van der Waals surface area contributed by atoms with Gasteiger partial charge < -0.3 is 15.4 Å². The van der Waals surface area contributed by atoms with Gasteiger partial charge in [-0.3, -0.25) is 4.79 Å². The summed E-state index contributed by atoms with van der Waals surface area (Å²) in [4.78, 5) is 15.2. The molecule has 1 heterocycles. The van der Waals surface area contributed by atoms with Gasteiger partial charge in [0.1, 0.15) is 5.75 Å². The zero-order valence-electron chi connectivity index (χ0n) is 15.7. The first-order chi connectivity index (χ1) is 12.7. The van der Waals surface area contributed by atoms with Gasteiger partial charge >= 0.3 is 0 Å². The maximum absolute atomic E-state index is 13.1. The highest BCUT2D eigenvalue weighted by atomic mass is 16.5. The van der Waals surface area contributed by atoms with Gasteiger partial charge in [0.25, 0.3) is 5.91 Å². The van der Waals surface area contributed by atoms with Gasteiger partial charge in [-0.05, 0) is 81.5 Å². The van der Waals surface area contributed by atoms with Crippen molar-refractivity contribution in [3.8, 4) is 5.75 Å². The number of fused-ring (bicyclic) bond motifs is 1. The van der Waals surface area contributed by atoms with Gasteiger partial charge in [-0.2, -0.15) is 0 Å². The predicted molar refractivity (Wildman–Crippen MR) is 103 cm³/mol. The molecule has 2 N–H and O–H groups in total. The molecular formula is C22H32N2O2. The van der Waals surface area contributed by atoms with Gasteiger partial charge in [0.2, 0.25) is 0 Å². The average Bonchev–Trinajstić information content (AvgIpc) is 2.69. The Morgan fingerprint density at radius 3 is 2.38 bits per heavy atom. The third-order valence-corrected chi connectivity index (χ3v) is 6.63. The summed E-state index contributed by atoms with van der Waals surface area (Å²) in [6, 6.07) is 8.61. The van der Waals surface area contributed by atoms with E-state index >= 15 is 0 Å². The molecule has 26 heavy (non-hydrogen) atoms. The number of benzene rings is 1. The number of hydrogen-bond donors (Lipinski definition) is 1. The number of carbonyl (C=O) groups excluding carboxylic acids is 1. The smallest absolute Gasteiger partial charge is 0.254 e. The minimum Gasteiger partial charge on any atom is -0.490 e. The molecular weight excluding hydrogens is 324 g/mol. The van der Waals surface area contributed by atoms with Crippen molar-refractivity contribution in [2.45, 2.75) is 82.4 Å². The van der Waals surface area contributed by atoms with E-state index < -0.39 is 0 Å². The number of piperidine rings is 1. The van der Waals surface area contributed by atoms with Crippen LogP contribution < -0.4 is 10.5 Å². The van der Waals surface area contributed by atoms with E-state index in [9.17, 15) is 4.79 Å². The summed E-state index contributed by atoms with van der Waals surface area (Å²) in [5.41, 5.74) is 6.76. The highest BCUT2D eigenvalue weighted by Gasteiger charge is 2.35. The number of carbonyl (C=O) groups is 1. The Balaban J connectivity index is 1.39. The standard InChI is InChI=1S/C22H32N2O2/c23-18-9-13-20(14-10-18)26-19-11-7-17(8-12-19)22(25)24-15-3-5-16-4-1-2-6-21(16)24/h7-8,11-12,16,18,20-21H,1-6,9-10,13-15,23H2. The quantitative estimate of drug-likeness (QED) is 0.886. The molecule has 2 aliphatic carbocycles. The molecule has 4 nitrogen and oxygen atoms in total. The molecule has 3 aliphatic rings. The summed E-state index contributed by atoms with van der Waals surface area (Å²) in [6.45, 7) is 0.917. The van der Waals surface area contributed by atoms with Crippen molar-refractivity contribution in [3.63, 3.8) is 0 Å². The van der Waals surface area contributed by atoms with Crippen LogP contribution in [0.15, 0.2) is 24.3 Å². The second kappa shape index (κ2) is 7.99. The molecule has 4 heteroatoms. The van der Waals surface area contributed by atoms with Crippen LogP contribution in [-0.2, 0) is 0 Å². The fourth-order valence-electron chi connectivity index (χ4n) is 5.12. The Labute approximate surface area is 157 Å². The van der Waals surface area contributed by atoms with E-state index in [0.29, 0.717) is 12.1 Å². The molecule has 1 aromatic carbocycles. The first-order valence-electron chi connectivity index (χ1n) is 10.5. The molecule has 142 valence electrons. The van der Waals surface area contributed by atoms with E-state index in [1.54, 1.807) is 0 Å².